The third-order valence-electron chi connectivity index (χ3n) is 5.87. The highest BCUT2D eigenvalue weighted by Crippen LogP contribution is 2.38. The number of ether oxygens (including phenoxy) is 2. The number of hydrogen-bond donors (Lipinski definition) is 0. The molecule has 1 aliphatic rings. The van der Waals surface area contributed by atoms with E-state index in [4.69, 9.17) is 14.5 Å². The van der Waals surface area contributed by atoms with Crippen molar-refractivity contribution in [2.75, 3.05) is 13.7 Å². The maximum atomic E-state index is 13.9. The second-order valence-electron chi connectivity index (χ2n) is 8.31. The van der Waals surface area contributed by atoms with Crippen LogP contribution in [0.15, 0.2) is 66.4 Å². The number of aromatic nitrogens is 1. The van der Waals surface area contributed by atoms with Crippen LogP contribution in [0.2, 0.25) is 0 Å². The summed E-state index contributed by atoms with van der Waals surface area (Å²) in [5.41, 5.74) is 3.47. The number of esters is 1. The number of methoxy groups -OCH3 is 1. The van der Waals surface area contributed by atoms with E-state index >= 15 is 0 Å². The van der Waals surface area contributed by atoms with Crippen LogP contribution in [0.4, 0.5) is 0 Å². The van der Waals surface area contributed by atoms with Gasteiger partial charge in [-0.3, -0.25) is 9.36 Å². The predicted octanol–water partition coefficient (Wildman–Crippen LogP) is 5.42. The van der Waals surface area contributed by atoms with Gasteiger partial charge in [0.05, 0.1) is 29.5 Å². The minimum atomic E-state index is -0.735. The molecule has 0 radical (unpaired) electrons. The third kappa shape index (κ3) is 5.14. The van der Waals surface area contributed by atoms with Crippen molar-refractivity contribution < 1.29 is 14.3 Å². The molecular formula is C27H26Br2N2O4S. The Morgan fingerprint density at radius 2 is 1.97 bits per heavy atom. The lowest BCUT2D eigenvalue weighted by Crippen LogP contribution is -2.40. The molecule has 2 aromatic carbocycles. The first kappa shape index (κ1) is 26.6. The van der Waals surface area contributed by atoms with Crippen LogP contribution >= 0.6 is 43.2 Å². The summed E-state index contributed by atoms with van der Waals surface area (Å²) in [4.78, 5) is 32.5. The molecule has 0 aliphatic carbocycles. The molecule has 0 amide bonds. The van der Waals surface area contributed by atoms with Gasteiger partial charge in [0, 0.05) is 14.5 Å². The Hall–Kier alpha value is -2.49. The zero-order chi connectivity index (χ0) is 26.0. The van der Waals surface area contributed by atoms with Crippen LogP contribution in [-0.4, -0.2) is 24.3 Å². The second kappa shape index (κ2) is 11.3. The van der Waals surface area contributed by atoms with E-state index < -0.39 is 12.0 Å². The molecule has 9 heteroatoms. The summed E-state index contributed by atoms with van der Waals surface area (Å²) in [6.07, 6.45) is 3.23. The normalized spacial score (nSPS) is 15.5. The predicted molar refractivity (Wildman–Crippen MR) is 149 cm³/mol. The van der Waals surface area contributed by atoms with Gasteiger partial charge >= 0.3 is 5.97 Å². The van der Waals surface area contributed by atoms with E-state index in [1.54, 1.807) is 18.6 Å². The lowest BCUT2D eigenvalue weighted by molar-refractivity contribution is -0.139. The van der Waals surface area contributed by atoms with Crippen molar-refractivity contribution in [1.29, 1.82) is 0 Å². The first-order valence-corrected chi connectivity index (χ1v) is 14.0. The number of rotatable bonds is 7. The molecule has 2 heterocycles. The monoisotopic (exact) mass is 632 g/mol. The molecule has 1 aromatic heterocycles. The lowest BCUT2D eigenvalue weighted by atomic mass is 9.93. The maximum absolute atomic E-state index is 13.9. The van der Waals surface area contributed by atoms with Crippen LogP contribution in [0, 0.1) is 6.92 Å². The summed E-state index contributed by atoms with van der Waals surface area (Å²) < 4.78 is 15.0. The summed E-state index contributed by atoms with van der Waals surface area (Å²) in [5, 5.41) is 0. The molecule has 1 aliphatic heterocycles. The molecule has 188 valence electrons. The number of benzene rings is 2. The second-order valence-corrected chi connectivity index (χ2v) is 11.1. The minimum Gasteiger partial charge on any atom is -0.496 e. The van der Waals surface area contributed by atoms with Crippen molar-refractivity contribution in [2.45, 2.75) is 39.7 Å². The van der Waals surface area contributed by atoms with Crippen LogP contribution in [0.25, 0.3) is 6.08 Å². The van der Waals surface area contributed by atoms with Crippen LogP contribution in [-0.2, 0) is 9.53 Å². The zero-order valence-corrected chi connectivity index (χ0v) is 24.4. The fraction of sp³-hybridized carbons (Fsp3) is 0.296. The van der Waals surface area contributed by atoms with Gasteiger partial charge in [-0.1, -0.05) is 68.7 Å². The van der Waals surface area contributed by atoms with E-state index in [9.17, 15) is 9.59 Å². The van der Waals surface area contributed by atoms with Crippen LogP contribution in [0.5, 0.6) is 5.75 Å². The SMILES string of the molecule is CCCC1=C(C(=O)OCC)[C@H](c2cc(Br)ccc2OC)n2c(s/c(=C/c3ccc(C)c(Br)c3)c2=O)=N1. The number of carbonyl (C=O) groups is 1. The Morgan fingerprint density at radius 1 is 1.19 bits per heavy atom. The molecule has 4 rings (SSSR count). The van der Waals surface area contributed by atoms with Gasteiger partial charge in [0.25, 0.3) is 5.56 Å². The molecule has 1 atom stereocenters. The van der Waals surface area contributed by atoms with Crippen LogP contribution in [0.1, 0.15) is 49.4 Å². The van der Waals surface area contributed by atoms with Gasteiger partial charge in [-0.05, 0) is 61.7 Å². The average molecular weight is 634 g/mol. The van der Waals surface area contributed by atoms with Crippen molar-refractivity contribution in [1.82, 2.24) is 4.57 Å². The lowest BCUT2D eigenvalue weighted by Gasteiger charge is -2.27. The first-order chi connectivity index (χ1) is 17.3. The fourth-order valence-corrected chi connectivity index (χ4v) is 5.98. The summed E-state index contributed by atoms with van der Waals surface area (Å²) in [5.74, 6) is 0.0910. The van der Waals surface area contributed by atoms with Gasteiger partial charge in [-0.25, -0.2) is 9.79 Å². The number of fused-ring (bicyclic) bond motifs is 1. The van der Waals surface area contributed by atoms with E-state index in [1.165, 1.54) is 11.3 Å². The molecule has 0 N–H and O–H groups in total. The Bertz CT molecular complexity index is 1540. The zero-order valence-electron chi connectivity index (χ0n) is 20.4. The Balaban J connectivity index is 2.05. The molecule has 0 spiro atoms. The smallest absolute Gasteiger partial charge is 0.338 e. The number of nitrogens with zero attached hydrogens (tertiary/aromatic N) is 2. The molecule has 0 bridgehead atoms. The van der Waals surface area contributed by atoms with Crippen molar-refractivity contribution in [3.63, 3.8) is 0 Å². The molecule has 0 saturated heterocycles. The Labute approximate surface area is 230 Å². The van der Waals surface area contributed by atoms with E-state index in [-0.39, 0.29) is 12.2 Å². The first-order valence-electron chi connectivity index (χ1n) is 11.6. The van der Waals surface area contributed by atoms with E-state index in [2.05, 4.69) is 31.9 Å². The topological polar surface area (TPSA) is 69.9 Å². The number of aryl methyl sites for hydroxylation is 1. The van der Waals surface area contributed by atoms with Gasteiger partial charge in [-0.15, -0.1) is 0 Å². The van der Waals surface area contributed by atoms with Gasteiger partial charge in [0.15, 0.2) is 4.80 Å². The highest BCUT2D eigenvalue weighted by atomic mass is 79.9. The van der Waals surface area contributed by atoms with Crippen LogP contribution < -0.4 is 19.6 Å². The number of halogens is 2. The molecule has 0 fully saturated rings. The largest absolute Gasteiger partial charge is 0.496 e. The summed E-state index contributed by atoms with van der Waals surface area (Å²) in [7, 11) is 1.58. The van der Waals surface area contributed by atoms with Gasteiger partial charge < -0.3 is 9.47 Å². The number of hydrogen-bond acceptors (Lipinski definition) is 6. The highest BCUT2D eigenvalue weighted by Gasteiger charge is 2.36. The van der Waals surface area contributed by atoms with Crippen LogP contribution in [0.3, 0.4) is 0 Å². The molecule has 0 saturated carbocycles. The van der Waals surface area contributed by atoms with Crippen molar-refractivity contribution in [3.05, 3.63) is 93.0 Å². The third-order valence-corrected chi connectivity index (χ3v) is 8.20. The van der Waals surface area contributed by atoms with Crippen molar-refractivity contribution >= 4 is 55.2 Å². The van der Waals surface area contributed by atoms with Gasteiger partial charge in [0.1, 0.15) is 11.8 Å². The number of carbonyl (C=O) groups excluding carboxylic acids is 1. The average Bonchev–Trinajstić information content (AvgIpc) is 3.15. The van der Waals surface area contributed by atoms with Gasteiger partial charge in [-0.2, -0.15) is 0 Å². The van der Waals surface area contributed by atoms with E-state index in [1.807, 2.05) is 56.3 Å². The molecular weight excluding hydrogens is 608 g/mol. The van der Waals surface area contributed by atoms with Crippen molar-refractivity contribution in [2.24, 2.45) is 4.99 Å². The highest BCUT2D eigenvalue weighted by molar-refractivity contribution is 9.10. The number of allylic oxidation sites excluding steroid dienone is 1. The van der Waals surface area contributed by atoms with E-state index in [0.29, 0.717) is 38.3 Å². The fourth-order valence-electron chi connectivity index (χ4n) is 4.18. The molecule has 6 nitrogen and oxygen atoms in total. The Kier molecular flexibility index (Phi) is 8.32. The molecule has 36 heavy (non-hydrogen) atoms. The number of thiazole rings is 1. The van der Waals surface area contributed by atoms with Crippen molar-refractivity contribution in [3.8, 4) is 5.75 Å². The van der Waals surface area contributed by atoms with Gasteiger partial charge in [0.2, 0.25) is 0 Å². The summed E-state index contributed by atoms with van der Waals surface area (Å²) in [6, 6.07) is 10.8. The molecule has 0 unspecified atom stereocenters. The maximum Gasteiger partial charge on any atom is 0.338 e. The quantitative estimate of drug-likeness (QED) is 0.326. The molecule has 3 aromatic rings. The minimum absolute atomic E-state index is 0.219. The summed E-state index contributed by atoms with van der Waals surface area (Å²) in [6.45, 7) is 6.03. The standard InChI is InChI=1S/C27H26Br2N2O4S/c1-5-7-20-23(26(33)35-6-2)24(18-14-17(28)10-11-21(18)34-4)31-25(32)22(36-27(31)30-20)13-16-9-8-15(3)19(29)12-16/h8-14,24H,5-7H2,1-4H3/b22-13+/t24-/m0/s1. The Morgan fingerprint density at radius 3 is 2.64 bits per heavy atom. The van der Waals surface area contributed by atoms with E-state index in [0.717, 1.165) is 26.5 Å². The summed E-state index contributed by atoms with van der Waals surface area (Å²) >= 11 is 8.42.